The van der Waals surface area contributed by atoms with E-state index in [0.29, 0.717) is 41.5 Å². The van der Waals surface area contributed by atoms with E-state index in [9.17, 15) is 13.6 Å². The number of oxazole rings is 1. The van der Waals surface area contributed by atoms with Crippen molar-refractivity contribution in [1.82, 2.24) is 10.3 Å². The Labute approximate surface area is 173 Å². The molecule has 0 aliphatic carbocycles. The van der Waals surface area contributed by atoms with Crippen LogP contribution in [0.25, 0.3) is 11.5 Å². The van der Waals surface area contributed by atoms with E-state index in [1.54, 1.807) is 24.3 Å². The summed E-state index contributed by atoms with van der Waals surface area (Å²) in [7, 11) is 1.81. The van der Waals surface area contributed by atoms with Crippen molar-refractivity contribution in [2.24, 2.45) is 0 Å². The Morgan fingerprint density at radius 1 is 1.17 bits per heavy atom. The molecule has 3 rings (SSSR count). The number of nitrogens with one attached hydrogen (secondary N) is 2. The number of aromatic nitrogens is 1. The third kappa shape index (κ3) is 5.34. The molecule has 2 aromatic carbocycles. The van der Waals surface area contributed by atoms with Gasteiger partial charge in [0.15, 0.2) is 0 Å². The lowest BCUT2D eigenvalue weighted by Gasteiger charge is -2.24. The second-order valence-corrected chi connectivity index (χ2v) is 7.15. The zero-order chi connectivity index (χ0) is 21.7. The van der Waals surface area contributed by atoms with Crippen LogP contribution in [-0.4, -0.2) is 30.6 Å². The van der Waals surface area contributed by atoms with E-state index in [2.05, 4.69) is 15.6 Å². The Balaban J connectivity index is 1.49. The average molecular weight is 414 g/mol. The molecule has 2 amide bonds. The fourth-order valence-corrected chi connectivity index (χ4v) is 2.78. The lowest BCUT2D eigenvalue weighted by Crippen LogP contribution is -2.30. The molecule has 0 aliphatic rings. The van der Waals surface area contributed by atoms with Gasteiger partial charge in [0, 0.05) is 37.3 Å². The van der Waals surface area contributed by atoms with Crippen LogP contribution in [-0.2, 0) is 6.42 Å². The van der Waals surface area contributed by atoms with Gasteiger partial charge in [-0.2, -0.15) is 0 Å². The predicted octanol–water partition coefficient (Wildman–Crippen LogP) is 4.83. The van der Waals surface area contributed by atoms with Crippen molar-refractivity contribution < 1.29 is 18.0 Å². The fourth-order valence-electron chi connectivity index (χ4n) is 2.78. The molecule has 3 aromatic rings. The summed E-state index contributed by atoms with van der Waals surface area (Å²) in [4.78, 5) is 18.2. The van der Waals surface area contributed by atoms with Crippen LogP contribution in [0.5, 0.6) is 0 Å². The fraction of sp³-hybridized carbons (Fsp3) is 0.273. The molecule has 6 nitrogen and oxygen atoms in total. The summed E-state index contributed by atoms with van der Waals surface area (Å²) >= 11 is 0. The number of nitrogens with zero attached hydrogens (tertiary/aromatic N) is 2. The van der Waals surface area contributed by atoms with Crippen LogP contribution in [0.2, 0.25) is 0 Å². The number of carbonyl (C=O) groups excluding carboxylic acids is 1. The highest BCUT2D eigenvalue weighted by Gasteiger charge is 2.12. The molecule has 2 N–H and O–H groups in total. The topological polar surface area (TPSA) is 70.4 Å². The second-order valence-electron chi connectivity index (χ2n) is 7.15. The van der Waals surface area contributed by atoms with Gasteiger partial charge < -0.3 is 20.0 Å². The van der Waals surface area contributed by atoms with Crippen molar-refractivity contribution in [2.45, 2.75) is 26.3 Å². The second kappa shape index (κ2) is 9.39. The van der Waals surface area contributed by atoms with Crippen molar-refractivity contribution >= 4 is 17.4 Å². The maximum absolute atomic E-state index is 14.3. The van der Waals surface area contributed by atoms with Gasteiger partial charge in [0.25, 0.3) is 0 Å². The molecule has 158 valence electrons. The Bertz CT molecular complexity index is 1000. The van der Waals surface area contributed by atoms with Crippen molar-refractivity contribution in [3.63, 3.8) is 0 Å². The normalized spacial score (nSPS) is 10.9. The lowest BCUT2D eigenvalue weighted by atomic mass is 10.2. The first kappa shape index (κ1) is 21.3. The number of benzene rings is 2. The van der Waals surface area contributed by atoms with Gasteiger partial charge in [-0.1, -0.05) is 0 Å². The molecule has 0 aliphatic heterocycles. The lowest BCUT2D eigenvalue weighted by molar-refractivity contribution is 0.252. The van der Waals surface area contributed by atoms with Gasteiger partial charge in [0.2, 0.25) is 5.89 Å². The average Bonchev–Trinajstić information content (AvgIpc) is 3.17. The standard InChI is InChI=1S/C22H24F2N4O2/c1-14(2)28(3)20-9-8-17(12-19(20)24)27-22(29)25-11-10-18-13-30-21(26-18)15-4-6-16(23)7-5-15/h4-9,12-14H,10-11H2,1-3H3,(H2,25,27,29). The van der Waals surface area contributed by atoms with Crippen molar-refractivity contribution in [2.75, 3.05) is 23.8 Å². The highest BCUT2D eigenvalue weighted by molar-refractivity contribution is 5.89. The van der Waals surface area contributed by atoms with Gasteiger partial charge in [0.05, 0.1) is 11.4 Å². The summed E-state index contributed by atoms with van der Waals surface area (Å²) in [5.74, 6) is -0.349. The van der Waals surface area contributed by atoms with E-state index < -0.39 is 11.8 Å². The van der Waals surface area contributed by atoms with Crippen LogP contribution in [0.4, 0.5) is 25.0 Å². The first-order valence-corrected chi connectivity index (χ1v) is 9.61. The number of amides is 2. The molecule has 1 heterocycles. The summed E-state index contributed by atoms with van der Waals surface area (Å²) in [6.45, 7) is 4.25. The van der Waals surface area contributed by atoms with Crippen molar-refractivity contribution in [3.05, 3.63) is 66.1 Å². The van der Waals surface area contributed by atoms with E-state index >= 15 is 0 Å². The third-order valence-electron chi connectivity index (χ3n) is 4.67. The van der Waals surface area contributed by atoms with Gasteiger partial charge in [-0.05, 0) is 56.3 Å². The van der Waals surface area contributed by atoms with E-state index in [0.717, 1.165) is 0 Å². The number of halogens is 2. The molecule has 0 unspecified atom stereocenters. The minimum absolute atomic E-state index is 0.154. The zero-order valence-corrected chi connectivity index (χ0v) is 17.1. The van der Waals surface area contributed by atoms with E-state index in [4.69, 9.17) is 4.42 Å². The van der Waals surface area contributed by atoms with Crippen molar-refractivity contribution in [1.29, 1.82) is 0 Å². The van der Waals surface area contributed by atoms with Crippen LogP contribution >= 0.6 is 0 Å². The smallest absolute Gasteiger partial charge is 0.319 e. The van der Waals surface area contributed by atoms with Gasteiger partial charge >= 0.3 is 6.03 Å². The zero-order valence-electron chi connectivity index (χ0n) is 17.1. The van der Waals surface area contributed by atoms with Crippen LogP contribution in [0, 0.1) is 11.6 Å². The summed E-state index contributed by atoms with van der Waals surface area (Å²) < 4.78 is 32.7. The number of carbonyl (C=O) groups is 1. The first-order valence-electron chi connectivity index (χ1n) is 9.61. The first-order chi connectivity index (χ1) is 14.3. The SMILES string of the molecule is CC(C)N(C)c1ccc(NC(=O)NCCc2coc(-c3ccc(F)cc3)n2)cc1F. The Morgan fingerprint density at radius 2 is 1.90 bits per heavy atom. The maximum atomic E-state index is 14.3. The summed E-state index contributed by atoms with van der Waals surface area (Å²) in [6, 6.07) is 10.1. The summed E-state index contributed by atoms with van der Waals surface area (Å²) in [6.07, 6.45) is 1.95. The largest absolute Gasteiger partial charge is 0.444 e. The Morgan fingerprint density at radius 3 is 2.57 bits per heavy atom. The molecular weight excluding hydrogens is 390 g/mol. The van der Waals surface area contributed by atoms with Gasteiger partial charge in [-0.15, -0.1) is 0 Å². The van der Waals surface area contributed by atoms with E-state index in [-0.39, 0.29) is 11.9 Å². The van der Waals surface area contributed by atoms with E-state index in [1.807, 2.05) is 25.8 Å². The predicted molar refractivity (Wildman–Crippen MR) is 113 cm³/mol. The molecule has 0 spiro atoms. The van der Waals surface area contributed by atoms with Crippen LogP contribution in [0.3, 0.4) is 0 Å². The molecule has 0 radical (unpaired) electrons. The minimum atomic E-state index is -0.443. The third-order valence-corrected chi connectivity index (χ3v) is 4.67. The highest BCUT2D eigenvalue weighted by atomic mass is 19.1. The number of hydrogen-bond acceptors (Lipinski definition) is 4. The number of hydrogen-bond donors (Lipinski definition) is 2. The highest BCUT2D eigenvalue weighted by Crippen LogP contribution is 2.23. The van der Waals surface area contributed by atoms with Crippen LogP contribution < -0.4 is 15.5 Å². The molecule has 1 aromatic heterocycles. The molecular formula is C22H24F2N4O2. The molecule has 0 saturated carbocycles. The molecule has 0 saturated heterocycles. The van der Waals surface area contributed by atoms with Gasteiger partial charge in [-0.25, -0.2) is 18.6 Å². The van der Waals surface area contributed by atoms with Crippen molar-refractivity contribution in [3.8, 4) is 11.5 Å². The quantitative estimate of drug-likeness (QED) is 0.581. The molecule has 0 fully saturated rings. The number of rotatable bonds is 7. The molecule has 8 heteroatoms. The van der Waals surface area contributed by atoms with Crippen LogP contribution in [0.1, 0.15) is 19.5 Å². The minimum Gasteiger partial charge on any atom is -0.444 e. The maximum Gasteiger partial charge on any atom is 0.319 e. The van der Waals surface area contributed by atoms with Crippen LogP contribution in [0.15, 0.2) is 53.1 Å². The Kier molecular flexibility index (Phi) is 6.66. The van der Waals surface area contributed by atoms with E-state index in [1.165, 1.54) is 24.5 Å². The summed E-state index contributed by atoms with van der Waals surface area (Å²) in [5, 5.41) is 5.31. The molecule has 0 atom stereocenters. The number of urea groups is 1. The monoisotopic (exact) mass is 414 g/mol. The van der Waals surface area contributed by atoms with Gasteiger partial charge in [-0.3, -0.25) is 0 Å². The molecule has 30 heavy (non-hydrogen) atoms. The number of anilines is 2. The Hall–Kier alpha value is -3.42. The summed E-state index contributed by atoms with van der Waals surface area (Å²) in [5.41, 5.74) is 2.16. The van der Waals surface area contributed by atoms with Gasteiger partial charge in [0.1, 0.15) is 17.9 Å². The molecule has 0 bridgehead atoms.